The zero-order valence-corrected chi connectivity index (χ0v) is 15.2. The van der Waals surface area contributed by atoms with E-state index >= 15 is 0 Å². The maximum absolute atomic E-state index is 13.6. The normalized spacial score (nSPS) is 12.0. The first-order chi connectivity index (χ1) is 12.4. The van der Waals surface area contributed by atoms with Gasteiger partial charge in [-0.3, -0.25) is 9.78 Å². The number of hydrogen-bond donors (Lipinski definition) is 1. The Bertz CT molecular complexity index is 962. The molecule has 0 aliphatic carbocycles. The third kappa shape index (κ3) is 4.11. The van der Waals surface area contributed by atoms with Crippen LogP contribution in [0.1, 0.15) is 23.0 Å². The number of amides is 1. The van der Waals surface area contributed by atoms with Crippen molar-refractivity contribution in [2.45, 2.75) is 19.9 Å². The lowest BCUT2D eigenvalue weighted by Crippen LogP contribution is -2.37. The first-order valence-electron chi connectivity index (χ1n) is 8.19. The number of carbonyl (C=O) groups excluding carboxylic acids is 1. The molecule has 0 fully saturated rings. The number of benzene rings is 2. The van der Waals surface area contributed by atoms with E-state index in [0.29, 0.717) is 16.3 Å². The van der Waals surface area contributed by atoms with Crippen LogP contribution in [0.3, 0.4) is 0 Å². The summed E-state index contributed by atoms with van der Waals surface area (Å²) in [4.78, 5) is 17.0. The lowest BCUT2D eigenvalue weighted by atomic mass is 10.1. The van der Waals surface area contributed by atoms with Crippen molar-refractivity contribution in [1.29, 1.82) is 0 Å². The third-order valence-electron chi connectivity index (χ3n) is 3.91. The molecule has 6 heteroatoms. The number of pyridine rings is 1. The SMILES string of the molecule is Cc1nc2ccc(Cl)cc2cc1C(=O)NC(C)COc1ccccc1F. The molecule has 0 aliphatic rings. The van der Waals surface area contributed by atoms with Gasteiger partial charge in [0, 0.05) is 10.4 Å². The van der Waals surface area contributed by atoms with Crippen LogP contribution >= 0.6 is 11.6 Å². The van der Waals surface area contributed by atoms with Crippen LogP contribution in [0.2, 0.25) is 5.02 Å². The average Bonchev–Trinajstić information content (AvgIpc) is 2.60. The molecule has 1 amide bonds. The van der Waals surface area contributed by atoms with Crippen molar-refractivity contribution in [1.82, 2.24) is 10.3 Å². The maximum Gasteiger partial charge on any atom is 0.253 e. The summed E-state index contributed by atoms with van der Waals surface area (Å²) in [6, 6.07) is 13.0. The number of aryl methyl sites for hydroxylation is 1. The fraction of sp³-hybridized carbons (Fsp3) is 0.200. The molecule has 2 aromatic carbocycles. The first-order valence-corrected chi connectivity index (χ1v) is 8.57. The highest BCUT2D eigenvalue weighted by atomic mass is 35.5. The molecule has 26 heavy (non-hydrogen) atoms. The summed E-state index contributed by atoms with van der Waals surface area (Å²) in [6.45, 7) is 3.72. The number of para-hydroxylation sites is 1. The monoisotopic (exact) mass is 372 g/mol. The largest absolute Gasteiger partial charge is 0.488 e. The molecule has 3 aromatic rings. The number of nitrogens with one attached hydrogen (secondary N) is 1. The molecule has 0 saturated carbocycles. The van der Waals surface area contributed by atoms with Crippen LogP contribution in [0.5, 0.6) is 5.75 Å². The second kappa shape index (κ2) is 7.70. The van der Waals surface area contributed by atoms with Gasteiger partial charge in [0.1, 0.15) is 6.61 Å². The van der Waals surface area contributed by atoms with Gasteiger partial charge in [-0.2, -0.15) is 0 Å². The highest BCUT2D eigenvalue weighted by Crippen LogP contribution is 2.21. The van der Waals surface area contributed by atoms with Gasteiger partial charge in [-0.25, -0.2) is 4.39 Å². The van der Waals surface area contributed by atoms with E-state index in [2.05, 4.69) is 10.3 Å². The minimum absolute atomic E-state index is 0.151. The lowest BCUT2D eigenvalue weighted by Gasteiger charge is -2.16. The topological polar surface area (TPSA) is 51.2 Å². The molecule has 0 bridgehead atoms. The Morgan fingerprint density at radius 3 is 2.81 bits per heavy atom. The Labute approximate surface area is 156 Å². The molecule has 1 heterocycles. The standard InChI is InChI=1S/C20H18ClFN2O2/c1-12(11-26-19-6-4-3-5-17(19)22)23-20(25)16-10-14-9-15(21)7-8-18(14)24-13(16)2/h3-10,12H,11H2,1-2H3,(H,23,25). The van der Waals surface area contributed by atoms with Gasteiger partial charge < -0.3 is 10.1 Å². The molecule has 0 aliphatic heterocycles. The zero-order valence-electron chi connectivity index (χ0n) is 14.4. The smallest absolute Gasteiger partial charge is 0.253 e. The van der Waals surface area contributed by atoms with Crippen LogP contribution in [-0.4, -0.2) is 23.5 Å². The Kier molecular flexibility index (Phi) is 5.38. The number of fused-ring (bicyclic) bond motifs is 1. The Balaban J connectivity index is 1.70. The van der Waals surface area contributed by atoms with Crippen molar-refractivity contribution in [2.24, 2.45) is 0 Å². The quantitative estimate of drug-likeness (QED) is 0.715. The van der Waals surface area contributed by atoms with Gasteiger partial charge in [-0.05, 0) is 50.2 Å². The van der Waals surface area contributed by atoms with Gasteiger partial charge in [-0.15, -0.1) is 0 Å². The van der Waals surface area contributed by atoms with Gasteiger partial charge in [0.25, 0.3) is 5.91 Å². The highest BCUT2D eigenvalue weighted by molar-refractivity contribution is 6.31. The fourth-order valence-electron chi connectivity index (χ4n) is 2.59. The van der Waals surface area contributed by atoms with E-state index in [1.54, 1.807) is 50.2 Å². The molecule has 1 aromatic heterocycles. The van der Waals surface area contributed by atoms with E-state index < -0.39 is 5.82 Å². The summed E-state index contributed by atoms with van der Waals surface area (Å²) in [5.41, 5.74) is 1.87. The van der Waals surface area contributed by atoms with Crippen molar-refractivity contribution in [3.8, 4) is 5.75 Å². The van der Waals surface area contributed by atoms with Crippen molar-refractivity contribution in [3.63, 3.8) is 0 Å². The molecule has 3 rings (SSSR count). The average molecular weight is 373 g/mol. The lowest BCUT2D eigenvalue weighted by molar-refractivity contribution is 0.0925. The van der Waals surface area contributed by atoms with Gasteiger partial charge in [0.15, 0.2) is 11.6 Å². The second-order valence-electron chi connectivity index (χ2n) is 6.07. The number of halogens is 2. The summed E-state index contributed by atoms with van der Waals surface area (Å²) in [6.07, 6.45) is 0. The Morgan fingerprint density at radius 1 is 1.27 bits per heavy atom. The number of ether oxygens (including phenoxy) is 1. The maximum atomic E-state index is 13.6. The Morgan fingerprint density at radius 2 is 2.04 bits per heavy atom. The fourth-order valence-corrected chi connectivity index (χ4v) is 2.77. The minimum atomic E-state index is -0.433. The molecule has 0 spiro atoms. The van der Waals surface area contributed by atoms with Crippen molar-refractivity contribution >= 4 is 28.4 Å². The molecular formula is C20H18ClFN2O2. The third-order valence-corrected chi connectivity index (χ3v) is 4.15. The molecule has 134 valence electrons. The van der Waals surface area contributed by atoms with Crippen LogP contribution < -0.4 is 10.1 Å². The summed E-state index contributed by atoms with van der Waals surface area (Å²) in [5.74, 6) is -0.536. The number of nitrogens with zero attached hydrogens (tertiary/aromatic N) is 1. The predicted octanol–water partition coefficient (Wildman–Crippen LogP) is 4.53. The van der Waals surface area contributed by atoms with E-state index in [1.807, 2.05) is 6.07 Å². The molecule has 4 nitrogen and oxygen atoms in total. The second-order valence-corrected chi connectivity index (χ2v) is 6.51. The summed E-state index contributed by atoms with van der Waals surface area (Å²) in [5, 5.41) is 4.23. The number of carbonyl (C=O) groups is 1. The van der Waals surface area contributed by atoms with Crippen molar-refractivity contribution < 1.29 is 13.9 Å². The van der Waals surface area contributed by atoms with Crippen LogP contribution in [0.15, 0.2) is 48.5 Å². The van der Waals surface area contributed by atoms with E-state index in [-0.39, 0.29) is 24.3 Å². The summed E-state index contributed by atoms with van der Waals surface area (Å²) < 4.78 is 19.0. The highest BCUT2D eigenvalue weighted by Gasteiger charge is 2.15. The van der Waals surface area contributed by atoms with Crippen LogP contribution in [0, 0.1) is 12.7 Å². The summed E-state index contributed by atoms with van der Waals surface area (Å²) >= 11 is 6.01. The van der Waals surface area contributed by atoms with Crippen LogP contribution in [0.4, 0.5) is 4.39 Å². The predicted molar refractivity (Wildman–Crippen MR) is 100 cm³/mol. The van der Waals surface area contributed by atoms with Gasteiger partial charge in [-0.1, -0.05) is 23.7 Å². The molecular weight excluding hydrogens is 355 g/mol. The first kappa shape index (κ1) is 18.1. The molecule has 0 saturated heterocycles. The number of rotatable bonds is 5. The van der Waals surface area contributed by atoms with E-state index in [1.165, 1.54) is 6.07 Å². The number of aromatic nitrogens is 1. The van der Waals surface area contributed by atoms with E-state index in [0.717, 1.165) is 10.9 Å². The van der Waals surface area contributed by atoms with E-state index in [9.17, 15) is 9.18 Å². The molecule has 1 unspecified atom stereocenters. The molecule has 0 radical (unpaired) electrons. The zero-order chi connectivity index (χ0) is 18.7. The number of hydrogen-bond acceptors (Lipinski definition) is 3. The molecule has 1 atom stereocenters. The van der Waals surface area contributed by atoms with Crippen molar-refractivity contribution in [3.05, 3.63) is 70.6 Å². The van der Waals surface area contributed by atoms with Crippen LogP contribution in [0.25, 0.3) is 10.9 Å². The van der Waals surface area contributed by atoms with Crippen molar-refractivity contribution in [2.75, 3.05) is 6.61 Å². The van der Waals surface area contributed by atoms with Gasteiger partial charge in [0.2, 0.25) is 0 Å². The van der Waals surface area contributed by atoms with E-state index in [4.69, 9.17) is 16.3 Å². The van der Waals surface area contributed by atoms with Gasteiger partial charge in [0.05, 0.1) is 22.8 Å². The molecule has 1 N–H and O–H groups in total. The summed E-state index contributed by atoms with van der Waals surface area (Å²) in [7, 11) is 0. The van der Waals surface area contributed by atoms with Crippen LogP contribution in [-0.2, 0) is 0 Å². The Hall–Kier alpha value is -2.66. The minimum Gasteiger partial charge on any atom is -0.488 e. The van der Waals surface area contributed by atoms with Gasteiger partial charge >= 0.3 is 0 Å².